The maximum absolute atomic E-state index is 9.93. The first-order chi connectivity index (χ1) is 9.51. The number of rotatable bonds is 6. The Morgan fingerprint density at radius 2 is 1.85 bits per heavy atom. The van der Waals surface area contributed by atoms with Crippen molar-refractivity contribution < 1.29 is 5.11 Å². The van der Waals surface area contributed by atoms with Crippen molar-refractivity contribution in [2.75, 3.05) is 5.32 Å². The molecule has 1 unspecified atom stereocenters. The molecular weight excluding hydrogens is 246 g/mol. The standard InChI is InChI=1S/C18H23NO/c1-5-16(9-6-14(2)3)10-13-18(20)19-17-11-7-15(4)8-12-17/h5-13,18-20H,2H2,1,3-4H3/b9-6-,13-10+,16-5+. The predicted molar refractivity (Wildman–Crippen MR) is 87.7 cm³/mol. The fourth-order valence-corrected chi connectivity index (χ4v) is 1.56. The van der Waals surface area contributed by atoms with Gasteiger partial charge in [0.1, 0.15) is 6.23 Å². The van der Waals surface area contributed by atoms with Gasteiger partial charge in [-0.25, -0.2) is 0 Å². The molecule has 2 N–H and O–H groups in total. The Morgan fingerprint density at radius 1 is 1.20 bits per heavy atom. The minimum Gasteiger partial charge on any atom is -0.370 e. The fraction of sp³-hybridized carbons (Fsp3) is 0.222. The Labute approximate surface area is 121 Å². The van der Waals surface area contributed by atoms with Crippen LogP contribution >= 0.6 is 0 Å². The van der Waals surface area contributed by atoms with Crippen LogP contribution in [-0.4, -0.2) is 11.3 Å². The molecule has 2 heteroatoms. The van der Waals surface area contributed by atoms with E-state index in [1.165, 1.54) is 5.56 Å². The van der Waals surface area contributed by atoms with E-state index < -0.39 is 6.23 Å². The molecule has 0 saturated carbocycles. The molecule has 2 nitrogen and oxygen atoms in total. The molecule has 1 aromatic carbocycles. The molecule has 0 bridgehead atoms. The molecule has 0 heterocycles. The first-order valence-corrected chi connectivity index (χ1v) is 6.70. The summed E-state index contributed by atoms with van der Waals surface area (Å²) in [7, 11) is 0. The number of aryl methyl sites for hydroxylation is 1. The van der Waals surface area contributed by atoms with E-state index in [1.54, 1.807) is 6.08 Å². The normalized spacial score (nSPS) is 13.9. The molecular formula is C18H23NO. The molecule has 0 spiro atoms. The van der Waals surface area contributed by atoms with Crippen LogP contribution in [0.3, 0.4) is 0 Å². The maximum Gasteiger partial charge on any atom is 0.144 e. The Bertz CT molecular complexity index is 521. The second-order valence-corrected chi connectivity index (χ2v) is 4.78. The summed E-state index contributed by atoms with van der Waals surface area (Å²) >= 11 is 0. The third kappa shape index (κ3) is 6.21. The van der Waals surface area contributed by atoms with Gasteiger partial charge in [-0.1, -0.05) is 54.2 Å². The molecule has 20 heavy (non-hydrogen) atoms. The molecule has 0 saturated heterocycles. The van der Waals surface area contributed by atoms with E-state index in [0.29, 0.717) is 0 Å². The zero-order valence-corrected chi connectivity index (χ0v) is 12.4. The average molecular weight is 269 g/mol. The first kappa shape index (κ1) is 16.0. The molecule has 0 radical (unpaired) electrons. The minimum atomic E-state index is -0.717. The van der Waals surface area contributed by atoms with Gasteiger partial charge in [0.15, 0.2) is 0 Å². The third-order valence-electron chi connectivity index (χ3n) is 2.73. The summed E-state index contributed by atoms with van der Waals surface area (Å²) in [5.41, 5.74) is 4.11. The number of aliphatic hydroxyl groups excluding tert-OH is 1. The van der Waals surface area contributed by atoms with Crippen LogP contribution in [0.1, 0.15) is 19.4 Å². The third-order valence-corrected chi connectivity index (χ3v) is 2.73. The highest BCUT2D eigenvalue weighted by Crippen LogP contribution is 2.10. The van der Waals surface area contributed by atoms with Gasteiger partial charge in [-0.15, -0.1) is 0 Å². The van der Waals surface area contributed by atoms with Crippen LogP contribution in [0.25, 0.3) is 0 Å². The van der Waals surface area contributed by atoms with E-state index >= 15 is 0 Å². The Morgan fingerprint density at radius 3 is 2.40 bits per heavy atom. The highest BCUT2D eigenvalue weighted by atomic mass is 16.3. The predicted octanol–water partition coefficient (Wildman–Crippen LogP) is 4.36. The van der Waals surface area contributed by atoms with Crippen LogP contribution < -0.4 is 5.32 Å². The number of aliphatic hydroxyl groups is 1. The molecule has 0 aliphatic carbocycles. The molecule has 1 aromatic rings. The van der Waals surface area contributed by atoms with Crippen molar-refractivity contribution in [1.29, 1.82) is 0 Å². The highest BCUT2D eigenvalue weighted by molar-refractivity contribution is 5.45. The van der Waals surface area contributed by atoms with E-state index in [1.807, 2.05) is 69.3 Å². The van der Waals surface area contributed by atoms with Crippen molar-refractivity contribution in [2.45, 2.75) is 27.0 Å². The lowest BCUT2D eigenvalue weighted by Crippen LogP contribution is -2.15. The van der Waals surface area contributed by atoms with Gasteiger partial charge in [0.25, 0.3) is 0 Å². The molecule has 106 valence electrons. The average Bonchev–Trinajstić information content (AvgIpc) is 2.41. The maximum atomic E-state index is 9.93. The number of allylic oxidation sites excluding steroid dienone is 6. The van der Waals surface area contributed by atoms with Gasteiger partial charge in [-0.3, -0.25) is 0 Å². The van der Waals surface area contributed by atoms with Crippen molar-refractivity contribution >= 4 is 5.69 Å². The van der Waals surface area contributed by atoms with Crippen molar-refractivity contribution in [1.82, 2.24) is 0 Å². The summed E-state index contributed by atoms with van der Waals surface area (Å²) in [6, 6.07) is 7.91. The Hall–Kier alpha value is -2.06. The number of benzene rings is 1. The molecule has 1 atom stereocenters. The molecule has 1 rings (SSSR count). The lowest BCUT2D eigenvalue weighted by molar-refractivity contribution is 0.252. The van der Waals surface area contributed by atoms with Crippen LogP contribution in [0.15, 0.2) is 72.4 Å². The Balaban J connectivity index is 2.60. The van der Waals surface area contributed by atoms with Gasteiger partial charge in [-0.05, 0) is 44.6 Å². The second kappa shape index (κ2) is 8.18. The van der Waals surface area contributed by atoms with E-state index in [9.17, 15) is 5.11 Å². The van der Waals surface area contributed by atoms with Gasteiger partial charge in [0.2, 0.25) is 0 Å². The molecule has 0 aliphatic heterocycles. The van der Waals surface area contributed by atoms with Crippen molar-refractivity contribution in [3.05, 3.63) is 77.9 Å². The second-order valence-electron chi connectivity index (χ2n) is 4.78. The molecule has 0 aromatic heterocycles. The largest absolute Gasteiger partial charge is 0.370 e. The summed E-state index contributed by atoms with van der Waals surface area (Å²) in [6.45, 7) is 9.76. The zero-order valence-electron chi connectivity index (χ0n) is 12.4. The topological polar surface area (TPSA) is 32.3 Å². The van der Waals surface area contributed by atoms with E-state index in [4.69, 9.17) is 0 Å². The van der Waals surface area contributed by atoms with Gasteiger partial charge >= 0.3 is 0 Å². The summed E-state index contributed by atoms with van der Waals surface area (Å²) < 4.78 is 0. The summed E-state index contributed by atoms with van der Waals surface area (Å²) in [4.78, 5) is 0. The van der Waals surface area contributed by atoms with Crippen molar-refractivity contribution in [2.24, 2.45) is 0 Å². The summed E-state index contributed by atoms with van der Waals surface area (Å²) in [5, 5.41) is 12.9. The Kier molecular flexibility index (Phi) is 6.54. The lowest BCUT2D eigenvalue weighted by atomic mass is 10.2. The first-order valence-electron chi connectivity index (χ1n) is 6.70. The highest BCUT2D eigenvalue weighted by Gasteiger charge is 1.98. The van der Waals surface area contributed by atoms with Crippen LogP contribution in [0.2, 0.25) is 0 Å². The molecule has 0 aliphatic rings. The van der Waals surface area contributed by atoms with Gasteiger partial charge < -0.3 is 10.4 Å². The van der Waals surface area contributed by atoms with E-state index in [2.05, 4.69) is 11.9 Å². The fourth-order valence-electron chi connectivity index (χ4n) is 1.56. The number of nitrogens with one attached hydrogen (secondary N) is 1. The number of hydrogen-bond donors (Lipinski definition) is 2. The number of anilines is 1. The summed E-state index contributed by atoms with van der Waals surface area (Å²) in [6.07, 6.45) is 8.78. The van der Waals surface area contributed by atoms with Gasteiger partial charge in [0, 0.05) is 5.69 Å². The SMILES string of the molecule is C=C(C)\C=C/C(/C=C/C(O)Nc1ccc(C)cc1)=C\C. The number of hydrogen-bond acceptors (Lipinski definition) is 2. The van der Waals surface area contributed by atoms with Crippen LogP contribution in [0.5, 0.6) is 0 Å². The van der Waals surface area contributed by atoms with Crippen molar-refractivity contribution in [3.8, 4) is 0 Å². The molecule has 0 amide bonds. The minimum absolute atomic E-state index is 0.717. The smallest absolute Gasteiger partial charge is 0.144 e. The van der Waals surface area contributed by atoms with Gasteiger partial charge in [0.05, 0.1) is 0 Å². The monoisotopic (exact) mass is 269 g/mol. The van der Waals surface area contributed by atoms with E-state index in [0.717, 1.165) is 16.8 Å². The van der Waals surface area contributed by atoms with Gasteiger partial charge in [-0.2, -0.15) is 0 Å². The van der Waals surface area contributed by atoms with Crippen molar-refractivity contribution in [3.63, 3.8) is 0 Å². The van der Waals surface area contributed by atoms with Crippen LogP contribution in [-0.2, 0) is 0 Å². The van der Waals surface area contributed by atoms with E-state index in [-0.39, 0.29) is 0 Å². The molecule has 0 fully saturated rings. The lowest BCUT2D eigenvalue weighted by Gasteiger charge is -2.10. The summed E-state index contributed by atoms with van der Waals surface area (Å²) in [5.74, 6) is 0. The van der Waals surface area contributed by atoms with Crippen LogP contribution in [0.4, 0.5) is 5.69 Å². The van der Waals surface area contributed by atoms with Crippen LogP contribution in [0, 0.1) is 6.92 Å². The quantitative estimate of drug-likeness (QED) is 0.594. The zero-order chi connectivity index (χ0) is 15.0.